The molecule has 1 N–H and O–H groups in total. The molecule has 10 rings (SSSR count). The molecule has 3 heterocycles. The van der Waals surface area contributed by atoms with Crippen molar-refractivity contribution in [2.45, 2.75) is 27.5 Å². The Bertz CT molecular complexity index is 2640. The molecule has 0 spiro atoms. The monoisotopic (exact) mass is 690 g/mol. The van der Waals surface area contributed by atoms with Gasteiger partial charge in [-0.2, -0.15) is 0 Å². The second kappa shape index (κ2) is 12.7. The average molecular weight is 691 g/mol. The van der Waals surface area contributed by atoms with Crippen LogP contribution in [0.25, 0.3) is 61.0 Å². The highest BCUT2D eigenvalue weighted by atomic mass is 32.2. The zero-order valence-corrected chi connectivity index (χ0v) is 29.6. The van der Waals surface area contributed by atoms with E-state index < -0.39 is 0 Å². The highest BCUT2D eigenvalue weighted by Gasteiger charge is 2.23. The zero-order chi connectivity index (χ0) is 33.7. The van der Waals surface area contributed by atoms with Crippen molar-refractivity contribution in [3.05, 3.63) is 180 Å². The molecular weight excluding hydrogens is 657 g/mol. The van der Waals surface area contributed by atoms with Crippen LogP contribution in [-0.4, -0.2) is 11.1 Å². The van der Waals surface area contributed by atoms with E-state index >= 15 is 0 Å². The molecule has 0 bridgehead atoms. The summed E-state index contributed by atoms with van der Waals surface area (Å²) in [6.45, 7) is 0.846. The summed E-state index contributed by atoms with van der Waals surface area (Å²) in [6, 6.07) is 49.5. The molecule has 2 aliphatic heterocycles. The first kappa shape index (κ1) is 30.4. The fourth-order valence-corrected chi connectivity index (χ4v) is 9.98. The minimum Gasteiger partial charge on any atom is -0.381 e. The van der Waals surface area contributed by atoms with Crippen molar-refractivity contribution >= 4 is 56.6 Å². The third-order valence-corrected chi connectivity index (χ3v) is 12.4. The van der Waals surface area contributed by atoms with Gasteiger partial charge < -0.3 is 9.88 Å². The van der Waals surface area contributed by atoms with Crippen molar-refractivity contribution in [2.24, 2.45) is 0 Å². The smallest absolute Gasteiger partial charge is 0.0547 e. The standard InChI is InChI=1S/C47H34N2S2/c1-2-12-34(13-3-1)49-42-18-7-4-14-35(42)36-24-21-32(29-43(36)49)31-23-26-46-40(28-31)39-25-22-33(41-17-10-11-27-48-41)30-47(39)51-45-20-9-6-16-38(45)37-15-5-8-19-44(37)50-46/h1-4,6-7,9-26,28-30,48H,5,8,27H2. The fraction of sp³-hybridized carbons (Fsp3) is 0.0638. The molecule has 6 aromatic carbocycles. The van der Waals surface area contributed by atoms with Gasteiger partial charge in [0.2, 0.25) is 0 Å². The minimum atomic E-state index is 0.846. The van der Waals surface area contributed by atoms with Gasteiger partial charge in [0.05, 0.1) is 11.0 Å². The molecule has 244 valence electrons. The highest BCUT2D eigenvalue weighted by molar-refractivity contribution is 8.03. The molecule has 1 aliphatic carbocycles. The van der Waals surface area contributed by atoms with E-state index in [2.05, 4.69) is 174 Å². The van der Waals surface area contributed by atoms with Gasteiger partial charge in [-0.15, -0.1) is 0 Å². The van der Waals surface area contributed by atoms with Gasteiger partial charge in [0.25, 0.3) is 0 Å². The molecule has 2 nitrogen and oxygen atoms in total. The Labute approximate surface area is 306 Å². The Balaban J connectivity index is 1.18. The Morgan fingerprint density at radius 1 is 0.529 bits per heavy atom. The summed E-state index contributed by atoms with van der Waals surface area (Å²) in [6.07, 6.45) is 13.5. The minimum absolute atomic E-state index is 0.846. The van der Waals surface area contributed by atoms with E-state index in [1.54, 1.807) is 0 Å². The number of allylic oxidation sites excluding steroid dienone is 5. The van der Waals surface area contributed by atoms with E-state index in [1.165, 1.54) is 86.0 Å². The maximum atomic E-state index is 3.58. The first-order valence-electron chi connectivity index (χ1n) is 17.6. The van der Waals surface area contributed by atoms with Crippen LogP contribution in [0.3, 0.4) is 0 Å². The van der Waals surface area contributed by atoms with E-state index in [4.69, 9.17) is 0 Å². The van der Waals surface area contributed by atoms with Crippen molar-refractivity contribution in [1.82, 2.24) is 9.88 Å². The maximum Gasteiger partial charge on any atom is 0.0547 e. The predicted octanol–water partition coefficient (Wildman–Crippen LogP) is 12.9. The van der Waals surface area contributed by atoms with Gasteiger partial charge in [-0.05, 0) is 106 Å². The number of nitrogens with zero attached hydrogens (tertiary/aromatic N) is 1. The van der Waals surface area contributed by atoms with Crippen molar-refractivity contribution in [3.8, 4) is 27.9 Å². The maximum absolute atomic E-state index is 3.58. The van der Waals surface area contributed by atoms with Crippen molar-refractivity contribution in [1.29, 1.82) is 0 Å². The first-order valence-corrected chi connectivity index (χ1v) is 19.3. The number of hydrogen-bond donors (Lipinski definition) is 1. The van der Waals surface area contributed by atoms with Crippen LogP contribution in [0, 0.1) is 0 Å². The van der Waals surface area contributed by atoms with Gasteiger partial charge in [0.15, 0.2) is 0 Å². The topological polar surface area (TPSA) is 17.0 Å². The molecule has 51 heavy (non-hydrogen) atoms. The predicted molar refractivity (Wildman–Crippen MR) is 218 cm³/mol. The lowest BCUT2D eigenvalue weighted by Crippen LogP contribution is -2.14. The number of rotatable bonds is 3. The van der Waals surface area contributed by atoms with E-state index in [1.807, 2.05) is 23.5 Å². The normalized spacial score (nSPS) is 15.1. The summed E-state index contributed by atoms with van der Waals surface area (Å²) in [7, 11) is 0. The van der Waals surface area contributed by atoms with Gasteiger partial charge in [-0.1, -0.05) is 133 Å². The summed E-state index contributed by atoms with van der Waals surface area (Å²) >= 11 is 3.80. The number of dihydropyridines is 1. The fourth-order valence-electron chi connectivity index (χ4n) is 7.68. The Kier molecular flexibility index (Phi) is 7.59. The molecule has 0 radical (unpaired) electrons. The van der Waals surface area contributed by atoms with E-state index in [0.717, 1.165) is 25.1 Å². The van der Waals surface area contributed by atoms with Crippen LogP contribution in [0.15, 0.2) is 183 Å². The van der Waals surface area contributed by atoms with Gasteiger partial charge in [-0.25, -0.2) is 0 Å². The SMILES string of the molecule is C1=CCNC(c2ccc3c(c2)Sc2ccccc2C2=CCCC=C2Sc2ccc(-c4ccc5c6ccccc6n(-c6ccccc6)c5c4)cc2-3)=C1. The number of aromatic nitrogens is 1. The lowest BCUT2D eigenvalue weighted by molar-refractivity contribution is 0.994. The lowest BCUT2D eigenvalue weighted by atomic mass is 9.96. The van der Waals surface area contributed by atoms with E-state index in [-0.39, 0.29) is 0 Å². The van der Waals surface area contributed by atoms with Crippen LogP contribution >= 0.6 is 23.5 Å². The summed E-state index contributed by atoms with van der Waals surface area (Å²) < 4.78 is 2.41. The quantitative estimate of drug-likeness (QED) is 0.199. The molecule has 3 aliphatic rings. The molecule has 1 aromatic heterocycles. The number of hydrogen-bond acceptors (Lipinski definition) is 3. The van der Waals surface area contributed by atoms with Crippen molar-refractivity contribution in [3.63, 3.8) is 0 Å². The molecule has 0 fully saturated rings. The second-order valence-electron chi connectivity index (χ2n) is 13.2. The van der Waals surface area contributed by atoms with Crippen molar-refractivity contribution < 1.29 is 0 Å². The first-order chi connectivity index (χ1) is 25.3. The average Bonchev–Trinajstić information content (AvgIpc) is 3.53. The Hall–Kier alpha value is -5.42. The van der Waals surface area contributed by atoms with E-state index in [0.29, 0.717) is 0 Å². The molecule has 0 atom stereocenters. The largest absolute Gasteiger partial charge is 0.381 e. The molecule has 0 saturated heterocycles. The van der Waals surface area contributed by atoms with Gasteiger partial charge in [0, 0.05) is 48.3 Å². The molecular formula is C47H34N2S2. The molecule has 4 heteroatoms. The van der Waals surface area contributed by atoms with Gasteiger partial charge >= 0.3 is 0 Å². The summed E-state index contributed by atoms with van der Waals surface area (Å²) in [4.78, 5) is 5.18. The highest BCUT2D eigenvalue weighted by Crippen LogP contribution is 2.51. The summed E-state index contributed by atoms with van der Waals surface area (Å²) in [5.41, 5.74) is 13.6. The van der Waals surface area contributed by atoms with Crippen molar-refractivity contribution in [2.75, 3.05) is 6.54 Å². The van der Waals surface area contributed by atoms with Crippen LogP contribution in [0.1, 0.15) is 24.0 Å². The third kappa shape index (κ3) is 5.38. The lowest BCUT2D eigenvalue weighted by Gasteiger charge is -2.24. The van der Waals surface area contributed by atoms with Crippen LogP contribution in [0.2, 0.25) is 0 Å². The molecule has 0 amide bonds. The second-order valence-corrected chi connectivity index (χ2v) is 15.4. The van der Waals surface area contributed by atoms with Gasteiger partial charge in [-0.3, -0.25) is 0 Å². The zero-order valence-electron chi connectivity index (χ0n) is 28.0. The van der Waals surface area contributed by atoms with Crippen LogP contribution in [0.5, 0.6) is 0 Å². The molecule has 0 unspecified atom stereocenters. The number of thioether (sulfide) groups is 1. The number of benzene rings is 6. The van der Waals surface area contributed by atoms with Crippen LogP contribution in [-0.2, 0) is 0 Å². The molecule has 7 aromatic rings. The summed E-state index contributed by atoms with van der Waals surface area (Å²) in [5, 5.41) is 6.12. The van der Waals surface area contributed by atoms with Crippen LogP contribution in [0.4, 0.5) is 0 Å². The number of para-hydroxylation sites is 2. The van der Waals surface area contributed by atoms with Crippen LogP contribution < -0.4 is 5.32 Å². The molecule has 0 saturated carbocycles. The Morgan fingerprint density at radius 3 is 2.22 bits per heavy atom. The third-order valence-electron chi connectivity index (χ3n) is 10.1. The number of fused-ring (bicyclic) bond motifs is 9. The van der Waals surface area contributed by atoms with Gasteiger partial charge in [0.1, 0.15) is 0 Å². The number of nitrogens with one attached hydrogen (secondary N) is 1. The summed E-state index contributed by atoms with van der Waals surface area (Å²) in [5.74, 6) is 0. The Morgan fingerprint density at radius 2 is 1.29 bits per heavy atom. The van der Waals surface area contributed by atoms with E-state index in [9.17, 15) is 0 Å².